The van der Waals surface area contributed by atoms with E-state index in [2.05, 4.69) is 33.1 Å². The van der Waals surface area contributed by atoms with Gasteiger partial charge in [0.1, 0.15) is 0 Å². The average molecular weight is 109 g/mol. The smallest absolute Gasteiger partial charge is 0.0134 e. The predicted molar refractivity (Wildman–Crippen MR) is 37.4 cm³/mol. The summed E-state index contributed by atoms with van der Waals surface area (Å²) in [6.45, 7) is 11.6. The van der Waals surface area contributed by atoms with Crippen LogP contribution < -0.4 is 0 Å². The second kappa shape index (κ2) is 3.51. The molecule has 0 nitrogen and oxygen atoms in total. The number of hydrogen-bond donors (Lipinski definition) is 0. The van der Waals surface area contributed by atoms with Crippen molar-refractivity contribution in [3.05, 3.63) is 25.3 Å². The summed E-state index contributed by atoms with van der Waals surface area (Å²) in [4.78, 5) is 0. The Morgan fingerprint density at radius 2 is 2.00 bits per heavy atom. The van der Waals surface area contributed by atoms with Gasteiger partial charge in [-0.25, -0.2) is 0 Å². The van der Waals surface area contributed by atoms with Gasteiger partial charge in [-0.3, -0.25) is 0 Å². The second-order valence-electron chi connectivity index (χ2n) is 2.28. The Bertz CT molecular complexity index is 94.6. The van der Waals surface area contributed by atoms with Gasteiger partial charge in [-0.15, -0.1) is 5.73 Å². The second-order valence-corrected chi connectivity index (χ2v) is 2.28. The minimum Gasteiger partial charge on any atom is -0.133 e. The maximum absolute atomic E-state index is 3.87. The van der Waals surface area contributed by atoms with E-state index in [4.69, 9.17) is 0 Å². The highest BCUT2D eigenvalue weighted by Gasteiger charge is 1.99. The quantitative estimate of drug-likeness (QED) is 0.478. The van der Waals surface area contributed by atoms with Crippen molar-refractivity contribution < 1.29 is 0 Å². The van der Waals surface area contributed by atoms with E-state index in [-0.39, 0.29) is 0 Å². The van der Waals surface area contributed by atoms with E-state index < -0.39 is 0 Å². The van der Waals surface area contributed by atoms with Gasteiger partial charge in [0.05, 0.1) is 0 Å². The minimum atomic E-state index is 0.368. The first-order valence-corrected chi connectivity index (χ1v) is 2.87. The Kier molecular flexibility index (Phi) is 3.30. The van der Waals surface area contributed by atoms with Crippen LogP contribution in [0.2, 0.25) is 0 Å². The van der Waals surface area contributed by atoms with Gasteiger partial charge in [0.2, 0.25) is 0 Å². The molecule has 0 amide bonds. The maximum Gasteiger partial charge on any atom is -0.0134 e. The molecule has 0 aromatic carbocycles. The molecule has 8 heavy (non-hydrogen) atoms. The van der Waals surface area contributed by atoms with Crippen LogP contribution in [0, 0.1) is 18.8 Å². The van der Waals surface area contributed by atoms with Crippen molar-refractivity contribution in [1.82, 2.24) is 0 Å². The summed E-state index contributed by atoms with van der Waals surface area (Å²) in [5.41, 5.74) is 2.71. The first-order valence-electron chi connectivity index (χ1n) is 2.87. The van der Waals surface area contributed by atoms with Crippen LogP contribution in [0.3, 0.4) is 0 Å². The van der Waals surface area contributed by atoms with Crippen molar-refractivity contribution in [2.45, 2.75) is 13.8 Å². The SMILES string of the molecule is [CH2]C(C=C=C)C(C)C. The van der Waals surface area contributed by atoms with E-state index in [1.807, 2.05) is 6.08 Å². The molecule has 0 bridgehead atoms. The molecule has 0 aliphatic heterocycles. The van der Waals surface area contributed by atoms with Gasteiger partial charge in [-0.2, -0.15) is 0 Å². The average Bonchev–Trinajstić information content (AvgIpc) is 1.67. The molecule has 1 unspecified atom stereocenters. The van der Waals surface area contributed by atoms with E-state index in [0.29, 0.717) is 11.8 Å². The van der Waals surface area contributed by atoms with Crippen LogP contribution in [-0.2, 0) is 0 Å². The van der Waals surface area contributed by atoms with Gasteiger partial charge in [0, 0.05) is 0 Å². The van der Waals surface area contributed by atoms with Crippen LogP contribution in [0.1, 0.15) is 13.8 Å². The molecule has 0 saturated heterocycles. The number of allylic oxidation sites excluding steroid dienone is 1. The monoisotopic (exact) mass is 109 g/mol. The fourth-order valence-corrected chi connectivity index (χ4v) is 0.344. The summed E-state index contributed by atoms with van der Waals surface area (Å²) in [6, 6.07) is 0. The fourth-order valence-electron chi connectivity index (χ4n) is 0.344. The highest BCUT2D eigenvalue weighted by Crippen LogP contribution is 2.08. The molecule has 0 heterocycles. The third-order valence-corrected chi connectivity index (χ3v) is 1.19. The van der Waals surface area contributed by atoms with Gasteiger partial charge in [0.15, 0.2) is 0 Å². The Hall–Kier alpha value is -0.480. The van der Waals surface area contributed by atoms with E-state index in [1.165, 1.54) is 0 Å². The topological polar surface area (TPSA) is 0 Å². The lowest BCUT2D eigenvalue weighted by atomic mass is 9.98. The standard InChI is InChI=1S/C8H13/c1-5-6-8(4)7(2)3/h6-8H,1,4H2,2-3H3. The lowest BCUT2D eigenvalue weighted by Crippen LogP contribution is -1.98. The van der Waals surface area contributed by atoms with E-state index in [1.54, 1.807) is 0 Å². The predicted octanol–water partition coefficient (Wildman–Crippen LogP) is 2.43. The van der Waals surface area contributed by atoms with Gasteiger partial charge in [-0.1, -0.05) is 20.4 Å². The highest BCUT2D eigenvalue weighted by molar-refractivity contribution is 4.87. The molecule has 0 saturated carbocycles. The van der Waals surface area contributed by atoms with Gasteiger partial charge < -0.3 is 0 Å². The zero-order chi connectivity index (χ0) is 6.57. The molecule has 0 aliphatic carbocycles. The van der Waals surface area contributed by atoms with Crippen LogP contribution in [0.5, 0.6) is 0 Å². The van der Waals surface area contributed by atoms with Crippen LogP contribution in [-0.4, -0.2) is 0 Å². The molecule has 0 aromatic heterocycles. The molecule has 45 valence electrons. The van der Waals surface area contributed by atoms with Crippen molar-refractivity contribution in [2.24, 2.45) is 11.8 Å². The van der Waals surface area contributed by atoms with Crippen LogP contribution in [0.25, 0.3) is 0 Å². The van der Waals surface area contributed by atoms with E-state index in [0.717, 1.165) is 0 Å². The zero-order valence-electron chi connectivity index (χ0n) is 5.65. The normalized spacial score (nSPS) is 13.0. The zero-order valence-corrected chi connectivity index (χ0v) is 5.65. The minimum absolute atomic E-state index is 0.368. The Morgan fingerprint density at radius 3 is 2.12 bits per heavy atom. The maximum atomic E-state index is 3.87. The summed E-state index contributed by atoms with van der Waals surface area (Å²) < 4.78 is 0. The summed E-state index contributed by atoms with van der Waals surface area (Å²) >= 11 is 0. The summed E-state index contributed by atoms with van der Waals surface area (Å²) in [7, 11) is 0. The molecular formula is C8H13. The highest BCUT2D eigenvalue weighted by atomic mass is 14.0. The van der Waals surface area contributed by atoms with Crippen LogP contribution in [0.15, 0.2) is 18.4 Å². The van der Waals surface area contributed by atoms with E-state index in [9.17, 15) is 0 Å². The first-order chi connectivity index (χ1) is 3.68. The molecular weight excluding hydrogens is 96.1 g/mol. The van der Waals surface area contributed by atoms with Gasteiger partial charge in [-0.05, 0) is 24.8 Å². The molecule has 0 aromatic rings. The number of rotatable bonds is 2. The van der Waals surface area contributed by atoms with Crippen molar-refractivity contribution in [3.8, 4) is 0 Å². The van der Waals surface area contributed by atoms with Crippen molar-refractivity contribution in [1.29, 1.82) is 0 Å². The molecule has 0 fully saturated rings. The molecule has 0 heteroatoms. The Morgan fingerprint density at radius 1 is 1.50 bits per heavy atom. The van der Waals surface area contributed by atoms with Gasteiger partial charge >= 0.3 is 0 Å². The lowest BCUT2D eigenvalue weighted by molar-refractivity contribution is 0.547. The molecule has 0 N–H and O–H groups in total. The summed E-state index contributed by atoms with van der Waals surface area (Å²) in [5, 5.41) is 0. The third kappa shape index (κ3) is 2.65. The molecule has 0 aliphatic rings. The molecule has 1 atom stereocenters. The third-order valence-electron chi connectivity index (χ3n) is 1.19. The molecule has 0 rings (SSSR count). The fraction of sp³-hybridized carbons (Fsp3) is 0.500. The Balaban J connectivity index is 3.63. The van der Waals surface area contributed by atoms with Crippen molar-refractivity contribution in [3.63, 3.8) is 0 Å². The first kappa shape index (κ1) is 7.52. The largest absolute Gasteiger partial charge is 0.133 e. The number of hydrogen-bond acceptors (Lipinski definition) is 0. The lowest BCUT2D eigenvalue weighted by Gasteiger charge is -2.06. The van der Waals surface area contributed by atoms with Crippen LogP contribution >= 0.6 is 0 Å². The van der Waals surface area contributed by atoms with Gasteiger partial charge in [0.25, 0.3) is 0 Å². The summed E-state index contributed by atoms with van der Waals surface area (Å²) in [6.07, 6.45) is 1.89. The van der Waals surface area contributed by atoms with Crippen molar-refractivity contribution in [2.75, 3.05) is 0 Å². The summed E-state index contributed by atoms with van der Waals surface area (Å²) in [5.74, 6) is 0.969. The van der Waals surface area contributed by atoms with E-state index >= 15 is 0 Å². The Labute approximate surface area is 51.9 Å². The molecule has 1 radical (unpaired) electrons. The van der Waals surface area contributed by atoms with Crippen LogP contribution in [0.4, 0.5) is 0 Å². The van der Waals surface area contributed by atoms with Crippen molar-refractivity contribution >= 4 is 0 Å². The molecule has 0 spiro atoms.